The van der Waals surface area contributed by atoms with Crippen LogP contribution in [0.1, 0.15) is 190 Å². The quantitative estimate of drug-likeness (QED) is 0.0263. The Hall–Kier alpha value is -6.71. The van der Waals surface area contributed by atoms with Crippen LogP contribution in [0.3, 0.4) is 0 Å². The number of piperidine rings is 1. The van der Waals surface area contributed by atoms with Crippen LogP contribution in [0.25, 0.3) is 10.9 Å². The molecule has 25 nitrogen and oxygen atoms in total. The van der Waals surface area contributed by atoms with Crippen LogP contribution >= 0.6 is 11.8 Å². The summed E-state index contributed by atoms with van der Waals surface area (Å²) in [5, 5.41) is 53.9. The fourth-order valence-corrected chi connectivity index (χ4v) is 11.8. The maximum absolute atomic E-state index is 15.8. The van der Waals surface area contributed by atoms with E-state index >= 15 is 4.39 Å². The fraction of sp³-hybridized carbons (Fsp3) is 0.678. The lowest BCUT2D eigenvalue weighted by Crippen LogP contribution is -2.39. The minimum atomic E-state index is -1.35. The minimum absolute atomic E-state index is 0.0523. The Morgan fingerprint density at radius 1 is 0.686 bits per heavy atom. The van der Waals surface area contributed by atoms with E-state index < -0.39 is 46.1 Å². The number of aromatic nitrogens is 1. The molecular weight excluding hydrogens is 1140 g/mol. The van der Waals surface area contributed by atoms with Gasteiger partial charge in [0.05, 0.1) is 16.5 Å². The lowest BCUT2D eigenvalue weighted by Gasteiger charge is -2.36. The molecule has 27 heteroatoms. The molecule has 2 fully saturated rings. The van der Waals surface area contributed by atoms with Gasteiger partial charge in [-0.15, -0.1) is 11.8 Å². The molecule has 1 aromatic carbocycles. The number of anilines is 1. The molecule has 86 heavy (non-hydrogen) atoms. The lowest BCUT2D eigenvalue weighted by molar-refractivity contribution is -0.150. The molecule has 0 saturated carbocycles. The highest BCUT2D eigenvalue weighted by Gasteiger charge is 2.38. The number of hydroxylamine groups is 6. The van der Waals surface area contributed by atoms with Crippen molar-refractivity contribution in [1.29, 1.82) is 0 Å². The first-order chi connectivity index (χ1) is 41.2. The highest BCUT2D eigenvalue weighted by atomic mass is 32.2. The van der Waals surface area contributed by atoms with Gasteiger partial charge in [-0.3, -0.25) is 52.8 Å². The molecule has 2 unspecified atom stereocenters. The summed E-state index contributed by atoms with van der Waals surface area (Å²) in [4.78, 5) is 138. The largest absolute Gasteiger partial charge is 0.756 e. The number of amides is 8. The summed E-state index contributed by atoms with van der Waals surface area (Å²) in [6, 6.07) is 1.09. The van der Waals surface area contributed by atoms with Gasteiger partial charge in [-0.1, -0.05) is 6.42 Å². The molecule has 4 heterocycles. The van der Waals surface area contributed by atoms with E-state index in [-0.39, 0.29) is 130 Å². The highest BCUT2D eigenvalue weighted by Crippen LogP contribution is 2.39. The van der Waals surface area contributed by atoms with Crippen LogP contribution in [0, 0.1) is 21.4 Å². The number of esters is 1. The van der Waals surface area contributed by atoms with Crippen molar-refractivity contribution in [3.8, 4) is 0 Å². The molecule has 5 rings (SSSR count). The summed E-state index contributed by atoms with van der Waals surface area (Å²) >= 11 is 1.43. The van der Waals surface area contributed by atoms with E-state index in [9.17, 15) is 73.5 Å². The average molecular weight is 1230 g/mol. The number of carboxylic acids is 1. The number of nitrogens with one attached hydrogen (secondary N) is 3. The monoisotopic (exact) mass is 1230 g/mol. The summed E-state index contributed by atoms with van der Waals surface area (Å²) in [6.07, 6.45) is 10.8. The maximum atomic E-state index is 15.8. The van der Waals surface area contributed by atoms with Gasteiger partial charge in [0.15, 0.2) is 0 Å². The van der Waals surface area contributed by atoms with E-state index in [2.05, 4.69) is 16.0 Å². The molecule has 2 saturated heterocycles. The second kappa shape index (κ2) is 36.4. The lowest BCUT2D eigenvalue weighted by atomic mass is 9.93. The van der Waals surface area contributed by atoms with E-state index in [0.717, 1.165) is 18.9 Å². The van der Waals surface area contributed by atoms with Crippen LogP contribution < -0.4 is 26.3 Å². The van der Waals surface area contributed by atoms with E-state index in [1.165, 1.54) is 29.8 Å². The number of hydrogen-bond donors (Lipinski definition) is 4. The summed E-state index contributed by atoms with van der Waals surface area (Å²) in [7, 11) is 0. The predicted octanol–water partition coefficient (Wildman–Crippen LogP) is 5.87. The zero-order valence-corrected chi connectivity index (χ0v) is 50.5. The average Bonchev–Trinajstić information content (AvgIpc) is 0.932. The van der Waals surface area contributed by atoms with Gasteiger partial charge >= 0.3 is 11.9 Å². The number of nitrogens with zero attached hydrogens (tertiary/aromatic N) is 6. The Morgan fingerprint density at radius 2 is 1.22 bits per heavy atom. The first kappa shape index (κ1) is 70.1. The van der Waals surface area contributed by atoms with E-state index in [0.29, 0.717) is 167 Å². The third-order valence-corrected chi connectivity index (χ3v) is 16.9. The molecule has 1 aromatic heterocycles. The van der Waals surface area contributed by atoms with Crippen molar-refractivity contribution in [2.75, 3.05) is 69.6 Å². The van der Waals surface area contributed by atoms with Crippen molar-refractivity contribution >= 4 is 87.5 Å². The molecule has 2 atom stereocenters. The second-order valence-electron chi connectivity index (χ2n) is 22.3. The van der Waals surface area contributed by atoms with Crippen molar-refractivity contribution in [2.24, 2.45) is 0 Å². The SMILES string of the molecule is CC(=O)N([O-])CCCCCNC(=O)CCC(=O)N([O-])CCCCCNC(=O)CCC(=O)N([O-])CCCCCNC(=O)CCCCN1C(=O)CC(SCCCCCC(=O)OC2CCN(c3c(F)cc4c(=O)c(C(=O)O)cn5c4c3CCC5C)CC2)C1=O. The van der Waals surface area contributed by atoms with Crippen LogP contribution in [0.15, 0.2) is 17.1 Å². The van der Waals surface area contributed by atoms with Crippen LogP contribution in [-0.4, -0.2) is 165 Å². The van der Waals surface area contributed by atoms with Gasteiger partial charge < -0.3 is 66.1 Å². The number of unbranched alkanes of at least 4 members (excludes halogenated alkanes) is 9. The van der Waals surface area contributed by atoms with Crippen LogP contribution in [-0.2, 0) is 54.3 Å². The Balaban J connectivity index is 0.803. The molecule has 0 bridgehead atoms. The highest BCUT2D eigenvalue weighted by molar-refractivity contribution is 8.00. The number of thioether (sulfide) groups is 1. The Kier molecular flexibility index (Phi) is 29.7. The molecule has 2 aromatic rings. The number of imide groups is 1. The fourth-order valence-electron chi connectivity index (χ4n) is 10.6. The van der Waals surface area contributed by atoms with Crippen molar-refractivity contribution in [3.05, 3.63) is 55.1 Å². The first-order valence-corrected chi connectivity index (χ1v) is 31.5. The number of benzene rings is 1. The van der Waals surface area contributed by atoms with Crippen molar-refractivity contribution in [3.63, 3.8) is 0 Å². The molecule has 4 N–H and O–H groups in total. The molecule has 478 valence electrons. The molecule has 8 amide bonds. The smallest absolute Gasteiger partial charge is 0.341 e. The zero-order chi connectivity index (χ0) is 62.7. The number of likely N-dealkylation sites (tertiary alicyclic amines) is 1. The topological polar surface area (TPSA) is 344 Å². The molecule has 0 spiro atoms. The molecular formula is C59H85FN9O16S-3. The summed E-state index contributed by atoms with van der Waals surface area (Å²) in [5.41, 5.74) is 0.567. The summed E-state index contributed by atoms with van der Waals surface area (Å²) in [6.45, 7) is 5.23. The van der Waals surface area contributed by atoms with Crippen molar-refractivity contribution in [1.82, 2.24) is 40.6 Å². The number of aromatic carboxylic acids is 1. The number of halogens is 1. The zero-order valence-electron chi connectivity index (χ0n) is 49.7. The third-order valence-electron chi connectivity index (χ3n) is 15.6. The van der Waals surface area contributed by atoms with Crippen molar-refractivity contribution in [2.45, 2.75) is 192 Å². The Labute approximate surface area is 504 Å². The van der Waals surface area contributed by atoms with Gasteiger partial charge in [-0.05, 0) is 115 Å². The number of carbonyl (C=O) groups is 10. The molecule has 0 radical (unpaired) electrons. The molecule has 3 aliphatic rings. The third kappa shape index (κ3) is 22.5. The number of carbonyl (C=O) groups excluding carboxylic acids is 9. The number of rotatable bonds is 39. The van der Waals surface area contributed by atoms with Crippen LogP contribution in [0.2, 0.25) is 0 Å². The van der Waals surface area contributed by atoms with Gasteiger partial charge in [0.1, 0.15) is 17.5 Å². The number of aryl methyl sites for hydroxylation is 1. The standard InChI is InChI=1S/C59H85FN9O16S/c1-40-19-20-43-55-44(57(78)45(59(80)81)39-66(40)55)37-46(60)56(43)64-34-25-42(26-35-64)85-54(77)18-7-3-16-36-86-47-38-53(76)65(58(47)79)30-15-8-17-48(71)61-27-10-5-13-32-68(83)51(74)24-22-50(73)63-29-11-6-14-33-69(84)52(75)23-21-49(72)62-28-9-4-12-31-67(82)41(2)70/h37,39-40,42,47H,3-36,38H2,1-2H3,(H,61,71)(H,62,72)(H,63,73)(H,80,81)/q-3. The summed E-state index contributed by atoms with van der Waals surface area (Å²) in [5.74, 6) is -5.00. The van der Waals surface area contributed by atoms with Gasteiger partial charge in [0, 0.05) is 147 Å². The van der Waals surface area contributed by atoms with Gasteiger partial charge in [-0.2, -0.15) is 0 Å². The molecule has 0 aliphatic carbocycles. The van der Waals surface area contributed by atoms with Gasteiger partial charge in [0.2, 0.25) is 52.7 Å². The first-order valence-electron chi connectivity index (χ1n) is 30.4. The number of carboxylic acid groups (broad SMARTS) is 1. The second-order valence-corrected chi connectivity index (χ2v) is 23.6. The summed E-state index contributed by atoms with van der Waals surface area (Å²) < 4.78 is 23.3. The van der Waals surface area contributed by atoms with Crippen LogP contribution in [0.4, 0.5) is 10.1 Å². The maximum Gasteiger partial charge on any atom is 0.341 e. The minimum Gasteiger partial charge on any atom is -0.756 e. The predicted molar refractivity (Wildman–Crippen MR) is 319 cm³/mol. The van der Waals surface area contributed by atoms with E-state index in [1.807, 2.05) is 11.8 Å². The van der Waals surface area contributed by atoms with Gasteiger partial charge in [0.25, 0.3) is 0 Å². The molecule has 3 aliphatic heterocycles. The van der Waals surface area contributed by atoms with Crippen molar-refractivity contribution < 1.29 is 62.2 Å². The van der Waals surface area contributed by atoms with Gasteiger partial charge in [-0.25, -0.2) is 9.18 Å². The van der Waals surface area contributed by atoms with E-state index in [1.54, 1.807) is 4.57 Å². The Morgan fingerprint density at radius 3 is 1.78 bits per heavy atom. The van der Waals surface area contributed by atoms with E-state index in [4.69, 9.17) is 4.74 Å². The number of ether oxygens (including phenoxy) is 1. The number of pyridine rings is 1. The van der Waals surface area contributed by atoms with Crippen LogP contribution in [0.5, 0.6) is 0 Å². The Bertz CT molecular complexity index is 2740. The normalized spacial score (nSPS) is 15.8. The number of hydrogen-bond acceptors (Lipinski definition) is 17.